The van der Waals surface area contributed by atoms with Crippen molar-refractivity contribution < 1.29 is 9.84 Å². The van der Waals surface area contributed by atoms with E-state index in [1.54, 1.807) is 6.20 Å². The van der Waals surface area contributed by atoms with Gasteiger partial charge in [-0.1, -0.05) is 6.42 Å². The Bertz CT molecular complexity index is 330. The maximum Gasteiger partial charge on any atom is 0.245 e. The molecule has 1 aliphatic rings. The van der Waals surface area contributed by atoms with Crippen LogP contribution in [0.5, 0.6) is 5.88 Å². The van der Waals surface area contributed by atoms with E-state index in [2.05, 4.69) is 19.0 Å². The Morgan fingerprint density at radius 1 is 1.42 bits per heavy atom. The summed E-state index contributed by atoms with van der Waals surface area (Å²) in [5, 5.41) is 13.0. The Kier molecular flexibility index (Phi) is 6.49. The van der Waals surface area contributed by atoms with Gasteiger partial charge in [-0.05, 0) is 25.9 Å². The number of aliphatic hydroxyl groups is 1. The minimum absolute atomic E-state index is 0.252. The Morgan fingerprint density at radius 3 is 3.00 bits per heavy atom. The number of hydrogen-bond donors (Lipinski definition) is 2. The first-order valence-electron chi connectivity index (χ1n) is 6.86. The molecule has 1 saturated heterocycles. The number of aliphatic hydroxyl groups excluding tert-OH is 1. The number of aromatic nitrogens is 2. The largest absolute Gasteiger partial charge is 0.473 e. The zero-order valence-corrected chi connectivity index (χ0v) is 11.9. The molecule has 0 radical (unpaired) electrons. The van der Waals surface area contributed by atoms with Gasteiger partial charge in [0.25, 0.3) is 0 Å². The van der Waals surface area contributed by atoms with Crippen LogP contribution in [0.2, 0.25) is 0 Å². The summed E-state index contributed by atoms with van der Waals surface area (Å²) < 4.78 is 13.0. The molecule has 1 aromatic heterocycles. The molecular weight excluding hydrogens is 264 g/mol. The molecule has 1 atom stereocenters. The number of piperidine rings is 1. The van der Waals surface area contributed by atoms with Gasteiger partial charge in [0.1, 0.15) is 18.9 Å². The highest BCUT2D eigenvalue weighted by atomic mass is 32.1. The summed E-state index contributed by atoms with van der Waals surface area (Å²) in [6.45, 7) is 5.20. The van der Waals surface area contributed by atoms with E-state index in [9.17, 15) is 5.11 Å². The van der Waals surface area contributed by atoms with Gasteiger partial charge >= 0.3 is 0 Å². The van der Waals surface area contributed by atoms with Crippen molar-refractivity contribution in [3.8, 4) is 5.88 Å². The van der Waals surface area contributed by atoms with Crippen molar-refractivity contribution in [3.05, 3.63) is 6.20 Å². The van der Waals surface area contributed by atoms with E-state index in [1.807, 2.05) is 0 Å². The first-order chi connectivity index (χ1) is 9.34. The van der Waals surface area contributed by atoms with Crippen molar-refractivity contribution in [2.45, 2.75) is 25.4 Å². The van der Waals surface area contributed by atoms with E-state index < -0.39 is 6.10 Å². The van der Waals surface area contributed by atoms with Crippen molar-refractivity contribution in [2.24, 2.45) is 0 Å². The zero-order chi connectivity index (χ0) is 13.3. The molecule has 108 valence electrons. The topological polar surface area (TPSA) is 70.5 Å². The summed E-state index contributed by atoms with van der Waals surface area (Å²) in [5.41, 5.74) is 0. The van der Waals surface area contributed by atoms with Gasteiger partial charge in [0, 0.05) is 19.6 Å². The fraction of sp³-hybridized carbons (Fsp3) is 0.833. The number of hydrogen-bond acceptors (Lipinski definition) is 7. The van der Waals surface area contributed by atoms with E-state index in [0.717, 1.165) is 24.8 Å². The van der Waals surface area contributed by atoms with Crippen molar-refractivity contribution in [1.82, 2.24) is 19.0 Å². The van der Waals surface area contributed by atoms with Crippen LogP contribution in [-0.2, 0) is 0 Å². The van der Waals surface area contributed by atoms with Crippen LogP contribution in [-0.4, -0.2) is 64.2 Å². The average Bonchev–Trinajstić information content (AvgIpc) is 2.96. The van der Waals surface area contributed by atoms with Crippen molar-refractivity contribution in [3.63, 3.8) is 0 Å². The smallest absolute Gasteiger partial charge is 0.245 e. The molecule has 0 aliphatic carbocycles. The molecule has 1 fully saturated rings. The third kappa shape index (κ3) is 5.82. The molecule has 6 nitrogen and oxygen atoms in total. The maximum atomic E-state index is 9.74. The van der Waals surface area contributed by atoms with Gasteiger partial charge in [-0.25, -0.2) is 0 Å². The van der Waals surface area contributed by atoms with E-state index in [-0.39, 0.29) is 6.61 Å². The van der Waals surface area contributed by atoms with Crippen LogP contribution in [0.4, 0.5) is 0 Å². The molecule has 1 aliphatic heterocycles. The summed E-state index contributed by atoms with van der Waals surface area (Å²) in [5.74, 6) is 0.484. The number of nitrogens with zero attached hydrogens (tertiary/aromatic N) is 3. The van der Waals surface area contributed by atoms with Crippen LogP contribution in [0.3, 0.4) is 0 Å². The molecule has 0 saturated carbocycles. The standard InChI is InChI=1S/C12H22N4O2S/c17-11(10-18-12-9-14-19-15-12)8-13-4-7-16-5-2-1-3-6-16/h9,11,13,17H,1-8,10H2. The van der Waals surface area contributed by atoms with Crippen LogP contribution in [0, 0.1) is 0 Å². The van der Waals surface area contributed by atoms with Crippen LogP contribution in [0.15, 0.2) is 6.20 Å². The maximum absolute atomic E-state index is 9.74. The van der Waals surface area contributed by atoms with Gasteiger partial charge in [-0.2, -0.15) is 4.37 Å². The summed E-state index contributed by atoms with van der Waals surface area (Å²) in [4.78, 5) is 2.47. The SMILES string of the molecule is OC(CNCCN1CCCCC1)COc1cnsn1. The lowest BCUT2D eigenvalue weighted by molar-refractivity contribution is 0.103. The number of ether oxygens (including phenoxy) is 1. The Labute approximate surface area is 118 Å². The average molecular weight is 286 g/mol. The lowest BCUT2D eigenvalue weighted by Crippen LogP contribution is -2.39. The molecule has 1 aromatic rings. The molecule has 0 aromatic carbocycles. The Morgan fingerprint density at radius 2 is 2.26 bits per heavy atom. The van der Waals surface area contributed by atoms with Crippen LogP contribution in [0.25, 0.3) is 0 Å². The highest BCUT2D eigenvalue weighted by Crippen LogP contribution is 2.07. The van der Waals surface area contributed by atoms with Gasteiger partial charge in [0.2, 0.25) is 5.88 Å². The molecule has 2 rings (SSSR count). The quantitative estimate of drug-likeness (QED) is 0.672. The Balaban J connectivity index is 1.48. The number of rotatable bonds is 8. The molecule has 0 spiro atoms. The molecule has 0 bridgehead atoms. The molecule has 7 heteroatoms. The second kappa shape index (κ2) is 8.42. The van der Waals surface area contributed by atoms with Gasteiger partial charge < -0.3 is 20.1 Å². The first kappa shape index (κ1) is 14.6. The highest BCUT2D eigenvalue weighted by molar-refractivity contribution is 6.99. The second-order valence-electron chi connectivity index (χ2n) is 4.82. The molecular formula is C12H22N4O2S. The minimum Gasteiger partial charge on any atom is -0.473 e. The summed E-state index contributed by atoms with van der Waals surface area (Å²) >= 11 is 1.10. The molecule has 1 unspecified atom stereocenters. The first-order valence-corrected chi connectivity index (χ1v) is 7.59. The van der Waals surface area contributed by atoms with Crippen LogP contribution >= 0.6 is 11.7 Å². The van der Waals surface area contributed by atoms with Gasteiger partial charge in [-0.3, -0.25) is 0 Å². The van der Waals surface area contributed by atoms with Crippen molar-refractivity contribution >= 4 is 11.7 Å². The summed E-state index contributed by atoms with van der Waals surface area (Å²) in [7, 11) is 0. The van der Waals surface area contributed by atoms with E-state index in [0.29, 0.717) is 12.4 Å². The van der Waals surface area contributed by atoms with Crippen LogP contribution < -0.4 is 10.1 Å². The van der Waals surface area contributed by atoms with E-state index >= 15 is 0 Å². The monoisotopic (exact) mass is 286 g/mol. The van der Waals surface area contributed by atoms with E-state index in [4.69, 9.17) is 4.74 Å². The fourth-order valence-electron chi connectivity index (χ4n) is 2.15. The predicted molar refractivity (Wildman–Crippen MR) is 74.6 cm³/mol. The second-order valence-corrected chi connectivity index (χ2v) is 5.37. The molecule has 2 N–H and O–H groups in total. The molecule has 19 heavy (non-hydrogen) atoms. The lowest BCUT2D eigenvalue weighted by atomic mass is 10.1. The third-order valence-electron chi connectivity index (χ3n) is 3.20. The zero-order valence-electron chi connectivity index (χ0n) is 11.1. The predicted octanol–water partition coefficient (Wildman–Crippen LogP) is 0.353. The van der Waals surface area contributed by atoms with Crippen molar-refractivity contribution in [1.29, 1.82) is 0 Å². The number of likely N-dealkylation sites (tertiary alicyclic amines) is 1. The van der Waals surface area contributed by atoms with Gasteiger partial charge in [-0.15, -0.1) is 4.37 Å². The lowest BCUT2D eigenvalue weighted by Gasteiger charge is -2.26. The Hall–Kier alpha value is -0.760. The van der Waals surface area contributed by atoms with Gasteiger partial charge in [0.05, 0.1) is 11.7 Å². The summed E-state index contributed by atoms with van der Waals surface area (Å²) in [6.07, 6.45) is 5.05. The normalized spacial score (nSPS) is 18.4. The summed E-state index contributed by atoms with van der Waals surface area (Å²) in [6, 6.07) is 0. The highest BCUT2D eigenvalue weighted by Gasteiger charge is 2.10. The minimum atomic E-state index is -0.511. The third-order valence-corrected chi connectivity index (χ3v) is 3.66. The fourth-order valence-corrected chi connectivity index (χ4v) is 2.51. The van der Waals surface area contributed by atoms with E-state index in [1.165, 1.54) is 32.4 Å². The van der Waals surface area contributed by atoms with Gasteiger partial charge in [0.15, 0.2) is 0 Å². The molecule has 0 amide bonds. The van der Waals surface area contributed by atoms with Crippen molar-refractivity contribution in [2.75, 3.05) is 39.3 Å². The molecule has 2 heterocycles. The number of nitrogens with one attached hydrogen (secondary N) is 1. The van der Waals surface area contributed by atoms with Crippen LogP contribution in [0.1, 0.15) is 19.3 Å².